The molecule has 11 N–H and O–H groups in total. The number of amides is 6. The smallest absolute Gasteiger partial charge is 0.254 e. The highest BCUT2D eigenvalue weighted by molar-refractivity contribution is 6.06. The molecule has 13 rings (SSSR count). The highest BCUT2D eigenvalue weighted by atomic mass is 16.5. The van der Waals surface area contributed by atoms with Crippen molar-refractivity contribution in [3.05, 3.63) is 228 Å². The Hall–Kier alpha value is -12.1. The molecule has 9 aromatic rings. The lowest BCUT2D eigenvalue weighted by molar-refractivity contribution is -0.133. The molecule has 1 fully saturated rings. The van der Waals surface area contributed by atoms with E-state index in [9.17, 15) is 28.8 Å². The van der Waals surface area contributed by atoms with Crippen molar-refractivity contribution in [3.8, 4) is 45.3 Å². The lowest BCUT2D eigenvalue weighted by Crippen LogP contribution is -2.53. The van der Waals surface area contributed by atoms with Crippen LogP contribution >= 0.6 is 0 Å². The zero-order valence-corrected chi connectivity index (χ0v) is 56.5. The zero-order valence-electron chi connectivity index (χ0n) is 56.5. The molecule has 6 amide bonds. The maximum Gasteiger partial charge on any atom is 0.254 e. The average molecular weight is 1350 g/mol. The molecule has 24 nitrogen and oxygen atoms in total. The van der Waals surface area contributed by atoms with E-state index in [1.54, 1.807) is 21.4 Å². The van der Waals surface area contributed by atoms with E-state index in [4.69, 9.17) is 42.0 Å². The maximum absolute atomic E-state index is 12.6. The van der Waals surface area contributed by atoms with Gasteiger partial charge in [-0.1, -0.05) is 128 Å². The van der Waals surface area contributed by atoms with E-state index in [0.717, 1.165) is 63.1 Å². The number of carbonyl (C=O) groups is 6. The summed E-state index contributed by atoms with van der Waals surface area (Å²) in [6.45, 7) is 15.5. The minimum absolute atomic E-state index is 0.0565. The number of nitrogens with one attached hydrogen (secondary N) is 5. The number of nitrogens with zero attached hydrogens (tertiary/aromatic N) is 8. The Labute approximate surface area is 579 Å². The van der Waals surface area contributed by atoms with Crippen molar-refractivity contribution in [3.63, 3.8) is 0 Å². The number of anilines is 5. The van der Waals surface area contributed by atoms with Crippen LogP contribution in [0.2, 0.25) is 0 Å². The van der Waals surface area contributed by atoms with Gasteiger partial charge in [0, 0.05) is 90.5 Å². The minimum atomic E-state index is -0.563. The van der Waals surface area contributed by atoms with Crippen LogP contribution in [0.1, 0.15) is 96.3 Å². The molecular formula is C76H82N16O8. The number of rotatable bonds is 20. The monoisotopic (exact) mass is 1350 g/mol. The number of hydrogen-bond acceptors (Lipinski definition) is 15. The number of aromatic nitrogens is 6. The molecule has 0 radical (unpaired) electrons. The highest BCUT2D eigenvalue weighted by Gasteiger charge is 2.41. The largest absolute Gasteiger partial charge is 0.496 e. The fourth-order valence-electron chi connectivity index (χ4n) is 12.9. The average Bonchev–Trinajstić information content (AvgIpc) is 1.62. The van der Waals surface area contributed by atoms with Gasteiger partial charge in [-0.2, -0.15) is 15.3 Å². The third kappa shape index (κ3) is 15.2. The predicted molar refractivity (Wildman–Crippen MR) is 388 cm³/mol. The number of ether oxygens (including phenoxy) is 2. The Morgan fingerprint density at radius 2 is 1.07 bits per heavy atom. The first-order chi connectivity index (χ1) is 48.3. The summed E-state index contributed by atoms with van der Waals surface area (Å²) < 4.78 is 16.9. The van der Waals surface area contributed by atoms with Crippen molar-refractivity contribution >= 4 is 64.3 Å². The Morgan fingerprint density at radius 3 is 1.59 bits per heavy atom. The minimum Gasteiger partial charge on any atom is -0.496 e. The first-order valence-electron chi connectivity index (χ1n) is 33.0. The summed E-state index contributed by atoms with van der Waals surface area (Å²) in [5, 5.41) is 30.2. The van der Waals surface area contributed by atoms with Gasteiger partial charge in [-0.15, -0.1) is 0 Å². The number of para-hydroxylation sites is 2. The Morgan fingerprint density at radius 1 is 0.590 bits per heavy atom. The first-order valence-corrected chi connectivity index (χ1v) is 33.0. The fraction of sp³-hybridized carbons (Fsp3) is 0.250. The third-order valence-corrected chi connectivity index (χ3v) is 17.9. The second kappa shape index (κ2) is 31.0. The summed E-state index contributed by atoms with van der Waals surface area (Å²) in [6, 6.07) is 46.0. The summed E-state index contributed by atoms with van der Waals surface area (Å²) in [6.07, 6.45) is 8.24. The molecule has 3 aromatic heterocycles. The summed E-state index contributed by atoms with van der Waals surface area (Å²) in [7, 11) is 5.49. The number of carbonyl (C=O) groups excluding carboxylic acids is 6. The number of hydrogen-bond donors (Lipinski definition) is 8. The molecule has 1 saturated heterocycles. The quantitative estimate of drug-likeness (QED) is 0.0329. The van der Waals surface area contributed by atoms with Crippen molar-refractivity contribution in [2.45, 2.75) is 57.8 Å². The van der Waals surface area contributed by atoms with Gasteiger partial charge in [-0.05, 0) is 113 Å². The van der Waals surface area contributed by atoms with Gasteiger partial charge in [-0.3, -0.25) is 28.8 Å². The second-order valence-corrected chi connectivity index (χ2v) is 25.0. The summed E-state index contributed by atoms with van der Waals surface area (Å²) in [4.78, 5) is 77.4. The molecule has 0 saturated carbocycles. The molecule has 6 aromatic carbocycles. The maximum atomic E-state index is 12.6. The van der Waals surface area contributed by atoms with Gasteiger partial charge in [0.15, 0.2) is 0 Å². The number of benzene rings is 6. The van der Waals surface area contributed by atoms with E-state index in [1.807, 2.05) is 189 Å². The number of nitrogens with two attached hydrogens (primary N) is 3. The zero-order chi connectivity index (χ0) is 70.7. The van der Waals surface area contributed by atoms with Gasteiger partial charge in [-0.25, -0.2) is 14.0 Å². The van der Waals surface area contributed by atoms with E-state index in [2.05, 4.69) is 39.7 Å². The van der Waals surface area contributed by atoms with Crippen LogP contribution in [0.25, 0.3) is 33.8 Å². The van der Waals surface area contributed by atoms with Crippen LogP contribution in [0.4, 0.5) is 28.8 Å². The van der Waals surface area contributed by atoms with Gasteiger partial charge in [0.05, 0.1) is 25.2 Å². The van der Waals surface area contributed by atoms with Crippen LogP contribution in [0.3, 0.4) is 0 Å². The summed E-state index contributed by atoms with van der Waals surface area (Å²) >= 11 is 0. The van der Waals surface area contributed by atoms with Gasteiger partial charge in [0.2, 0.25) is 17.7 Å². The molecule has 100 heavy (non-hydrogen) atoms. The molecule has 4 aliphatic heterocycles. The Balaban J connectivity index is 0.000000152. The van der Waals surface area contributed by atoms with E-state index < -0.39 is 17.7 Å². The van der Waals surface area contributed by atoms with Gasteiger partial charge in [0.25, 0.3) is 17.7 Å². The van der Waals surface area contributed by atoms with Crippen molar-refractivity contribution in [2.24, 2.45) is 23.1 Å². The number of methoxy groups -OCH3 is 1. The molecule has 0 spiro atoms. The van der Waals surface area contributed by atoms with Crippen LogP contribution < -0.4 is 53.3 Å². The van der Waals surface area contributed by atoms with Crippen molar-refractivity contribution in [2.75, 3.05) is 87.1 Å². The van der Waals surface area contributed by atoms with Crippen LogP contribution in [0.15, 0.2) is 183 Å². The Kier molecular flexibility index (Phi) is 21.5. The van der Waals surface area contributed by atoms with E-state index in [-0.39, 0.29) is 41.8 Å². The molecule has 3 atom stereocenters. The summed E-state index contributed by atoms with van der Waals surface area (Å²) in [5.74, 6) is 1.36. The fourth-order valence-corrected chi connectivity index (χ4v) is 12.9. The lowest BCUT2D eigenvalue weighted by atomic mass is 9.88. The molecule has 514 valence electrons. The number of likely N-dealkylation sites (tertiary alicyclic amines) is 1. The van der Waals surface area contributed by atoms with Crippen LogP contribution in [-0.2, 0) is 21.0 Å². The molecule has 0 bridgehead atoms. The van der Waals surface area contributed by atoms with E-state index >= 15 is 0 Å². The normalized spacial score (nSPS) is 15.8. The SMILES string of the molecule is C=CC(=O)N1CC(C2CCNc3c(C(N)=O)c(-c4ccc(OCc5ccccc5)cc4)nn32)C1.C=CC(=O)Nc1ccccc1C1CCNc2c(C(N)=O)c(-c3ccc(C)cc3)nn21.COc1cc(-c2nn3c(c2C(N)=O)NCCC3c2ccccc2NC(=O)/C=C/CN(C)C)ccc1C. The number of primary amides is 3. The van der Waals surface area contributed by atoms with E-state index in [1.165, 1.54) is 18.2 Å². The molecular weight excluding hydrogens is 1260 g/mol. The van der Waals surface area contributed by atoms with Gasteiger partial charge < -0.3 is 63.1 Å². The second-order valence-electron chi connectivity index (χ2n) is 25.0. The van der Waals surface area contributed by atoms with Crippen LogP contribution in [-0.4, -0.2) is 135 Å². The Bertz CT molecular complexity index is 4570. The topological polar surface area (TPSA) is 319 Å². The highest BCUT2D eigenvalue weighted by Crippen LogP contribution is 2.43. The standard InChI is InChI=1S/C27H32N6O3.C26H27N5O3.C23H23N5O2/c1-17-11-12-18(16-22(17)36-4)25-24(26(28)35)27-29-14-13-21(33(27)31-25)19-8-5-6-9-20(19)30-23(34)10-7-15-32(2)3;1-2-22(32)30-14-19(15-30)21-12-13-28-26-23(25(27)33)24(29-31(21)26)18-8-10-20(11-9-18)34-16-17-6-4-3-5-7-17;1-3-19(29)26-17-7-5-4-6-16(17)18-12-13-25-23-20(22(24)30)21(27-28(18)23)15-10-8-14(2)9-11-15/h5-12,16,21,29H,13-15H2,1-4H3,(H2,28,35)(H,30,34);2-11,19,21,28H,1,12-16H2,(H2,27,33);3-11,18,25H,1,12-13H2,2H3,(H2,24,30)(H,26,29)/b10-7+;;. The molecule has 0 aliphatic carbocycles. The lowest BCUT2D eigenvalue weighted by Gasteiger charge is -2.44. The molecule has 24 heteroatoms. The summed E-state index contributed by atoms with van der Waals surface area (Å²) in [5.41, 5.74) is 28.8. The van der Waals surface area contributed by atoms with Crippen LogP contribution in [0.5, 0.6) is 11.5 Å². The first kappa shape index (κ1) is 69.3. The number of aryl methyl sites for hydroxylation is 2. The van der Waals surface area contributed by atoms with Crippen molar-refractivity contribution < 1.29 is 38.2 Å². The van der Waals surface area contributed by atoms with E-state index in [0.29, 0.717) is 121 Å². The molecule has 3 unspecified atom stereocenters. The predicted octanol–water partition coefficient (Wildman–Crippen LogP) is 10.1. The van der Waals surface area contributed by atoms with Crippen LogP contribution in [0, 0.1) is 19.8 Å². The van der Waals surface area contributed by atoms with Gasteiger partial charge in [0.1, 0.15) is 69.3 Å². The molecule has 4 aliphatic rings. The molecule has 7 heterocycles. The van der Waals surface area contributed by atoms with Crippen molar-refractivity contribution in [1.82, 2.24) is 39.1 Å². The number of fused-ring (bicyclic) bond motifs is 3. The van der Waals surface area contributed by atoms with Gasteiger partial charge >= 0.3 is 0 Å². The third-order valence-electron chi connectivity index (χ3n) is 17.9. The number of likely N-dealkylation sites (N-methyl/N-ethyl adjacent to an activating group) is 1. The van der Waals surface area contributed by atoms with Crippen molar-refractivity contribution in [1.29, 1.82) is 0 Å².